The molecule has 2 aromatic rings. The molecule has 1 aromatic heterocycles. The number of imide groups is 1. The quantitative estimate of drug-likeness (QED) is 0.860. The zero-order valence-corrected chi connectivity index (χ0v) is 12.0. The summed E-state index contributed by atoms with van der Waals surface area (Å²) in [7, 11) is 0. The predicted octanol–water partition coefficient (Wildman–Crippen LogP) is 1.33. The fraction of sp³-hybridized carbons (Fsp3) is 0.231. The first kappa shape index (κ1) is 14.3. The van der Waals surface area contributed by atoms with E-state index < -0.39 is 0 Å². The molecule has 0 unspecified atom stereocenters. The second-order valence-electron chi connectivity index (χ2n) is 4.09. The van der Waals surface area contributed by atoms with Crippen molar-refractivity contribution in [1.29, 1.82) is 0 Å². The molecule has 0 aliphatic rings. The van der Waals surface area contributed by atoms with Crippen molar-refractivity contribution in [3.63, 3.8) is 0 Å². The highest BCUT2D eigenvalue weighted by Crippen LogP contribution is 2.21. The second kappa shape index (κ2) is 6.33. The molecule has 104 valence electrons. The highest BCUT2D eigenvalue weighted by molar-refractivity contribution is 7.99. The fourth-order valence-corrected chi connectivity index (χ4v) is 2.47. The van der Waals surface area contributed by atoms with E-state index in [4.69, 9.17) is 0 Å². The van der Waals surface area contributed by atoms with Gasteiger partial charge in [-0.15, -0.1) is 10.2 Å². The smallest absolute Gasteiger partial charge is 0.237 e. The molecular formula is C13H14N4O2S. The molecule has 0 bridgehead atoms. The number of thioether (sulfide) groups is 1. The molecule has 0 saturated heterocycles. The molecule has 2 amide bonds. The number of aromatic nitrogens is 3. The maximum absolute atomic E-state index is 11.5. The zero-order chi connectivity index (χ0) is 14.5. The van der Waals surface area contributed by atoms with Gasteiger partial charge in [-0.3, -0.25) is 19.5 Å². The van der Waals surface area contributed by atoms with E-state index >= 15 is 0 Å². The largest absolute Gasteiger partial charge is 0.296 e. The van der Waals surface area contributed by atoms with Gasteiger partial charge in [-0.25, -0.2) is 0 Å². The Hall–Kier alpha value is -2.15. The van der Waals surface area contributed by atoms with Crippen molar-refractivity contribution in [2.24, 2.45) is 0 Å². The molecule has 0 saturated carbocycles. The summed E-state index contributed by atoms with van der Waals surface area (Å²) in [5.74, 6) is 0.148. The van der Waals surface area contributed by atoms with E-state index in [1.54, 1.807) is 0 Å². The Morgan fingerprint density at radius 1 is 1.25 bits per heavy atom. The zero-order valence-electron chi connectivity index (χ0n) is 11.2. The number of hydrogen-bond acceptors (Lipinski definition) is 5. The molecule has 2 rings (SSSR count). The van der Waals surface area contributed by atoms with Gasteiger partial charge < -0.3 is 0 Å². The third-order valence-electron chi connectivity index (χ3n) is 2.46. The third kappa shape index (κ3) is 3.45. The number of carbonyl (C=O) groups excluding carboxylic acids is 2. The number of rotatable bonds is 4. The number of nitrogens with one attached hydrogen (secondary N) is 1. The van der Waals surface area contributed by atoms with Crippen molar-refractivity contribution in [2.75, 3.05) is 5.75 Å². The number of aryl methyl sites for hydroxylation is 1. The molecule has 0 aliphatic heterocycles. The van der Waals surface area contributed by atoms with Crippen LogP contribution in [0.3, 0.4) is 0 Å². The summed E-state index contributed by atoms with van der Waals surface area (Å²) in [6.07, 6.45) is 0. The van der Waals surface area contributed by atoms with E-state index in [1.807, 2.05) is 41.8 Å². The average Bonchev–Trinajstić information content (AvgIpc) is 2.78. The van der Waals surface area contributed by atoms with Crippen LogP contribution in [-0.2, 0) is 9.59 Å². The molecule has 1 N–H and O–H groups in total. The summed E-state index contributed by atoms with van der Waals surface area (Å²) in [5, 5.41) is 10.9. The van der Waals surface area contributed by atoms with Crippen LogP contribution in [0, 0.1) is 6.92 Å². The van der Waals surface area contributed by atoms with Gasteiger partial charge in [0.2, 0.25) is 11.8 Å². The minimum absolute atomic E-state index is 0.116. The number of amides is 2. The number of hydrogen-bond donors (Lipinski definition) is 1. The molecule has 0 atom stereocenters. The number of nitrogens with zero attached hydrogens (tertiary/aromatic N) is 3. The molecular weight excluding hydrogens is 276 g/mol. The van der Waals surface area contributed by atoms with Gasteiger partial charge >= 0.3 is 0 Å². The topological polar surface area (TPSA) is 76.9 Å². The van der Waals surface area contributed by atoms with Crippen LogP contribution in [0.1, 0.15) is 12.7 Å². The number of para-hydroxylation sites is 1. The Balaban J connectivity index is 2.14. The van der Waals surface area contributed by atoms with Crippen molar-refractivity contribution in [3.8, 4) is 5.69 Å². The van der Waals surface area contributed by atoms with Crippen LogP contribution in [0.2, 0.25) is 0 Å². The van der Waals surface area contributed by atoms with Gasteiger partial charge in [0.25, 0.3) is 0 Å². The normalized spacial score (nSPS) is 10.3. The van der Waals surface area contributed by atoms with Gasteiger partial charge in [0, 0.05) is 12.6 Å². The molecule has 7 heteroatoms. The standard InChI is InChI=1S/C13H14N4O2S/c1-9-15-16-13(20-8-12(19)14-10(2)18)17(9)11-6-4-3-5-7-11/h3-7H,8H2,1-2H3,(H,14,18,19). The second-order valence-corrected chi connectivity index (χ2v) is 5.04. The van der Waals surface area contributed by atoms with Gasteiger partial charge in [0.1, 0.15) is 5.82 Å². The Morgan fingerprint density at radius 3 is 2.60 bits per heavy atom. The van der Waals surface area contributed by atoms with E-state index in [9.17, 15) is 9.59 Å². The minimum atomic E-state index is -0.365. The van der Waals surface area contributed by atoms with Crippen LogP contribution in [0.25, 0.3) is 5.69 Å². The Bertz CT molecular complexity index is 625. The lowest BCUT2D eigenvalue weighted by Crippen LogP contribution is -2.29. The molecule has 1 heterocycles. The van der Waals surface area contributed by atoms with Crippen molar-refractivity contribution >= 4 is 23.6 Å². The first-order valence-corrected chi connectivity index (χ1v) is 6.97. The monoisotopic (exact) mass is 290 g/mol. The van der Waals surface area contributed by atoms with Gasteiger partial charge in [-0.2, -0.15) is 0 Å². The molecule has 20 heavy (non-hydrogen) atoms. The molecule has 0 aliphatic carbocycles. The van der Waals surface area contributed by atoms with Crippen LogP contribution in [0.15, 0.2) is 35.5 Å². The van der Waals surface area contributed by atoms with Gasteiger partial charge in [0.15, 0.2) is 5.16 Å². The SMILES string of the molecule is CC(=O)NC(=O)CSc1nnc(C)n1-c1ccccc1. The Labute approximate surface area is 120 Å². The van der Waals surface area contributed by atoms with E-state index in [0.29, 0.717) is 5.16 Å². The molecule has 0 fully saturated rings. The lowest BCUT2D eigenvalue weighted by atomic mass is 10.3. The summed E-state index contributed by atoms with van der Waals surface area (Å²) < 4.78 is 1.87. The van der Waals surface area contributed by atoms with Crippen LogP contribution >= 0.6 is 11.8 Å². The third-order valence-corrected chi connectivity index (χ3v) is 3.39. The highest BCUT2D eigenvalue weighted by atomic mass is 32.2. The summed E-state index contributed by atoms with van der Waals surface area (Å²) in [6, 6.07) is 9.65. The van der Waals surface area contributed by atoms with Crippen molar-refractivity contribution < 1.29 is 9.59 Å². The fourth-order valence-electron chi connectivity index (χ4n) is 1.67. The van der Waals surface area contributed by atoms with Crippen LogP contribution in [0.4, 0.5) is 0 Å². The Morgan fingerprint density at radius 2 is 1.95 bits per heavy atom. The first-order valence-electron chi connectivity index (χ1n) is 5.98. The summed E-state index contributed by atoms with van der Waals surface area (Å²) in [4.78, 5) is 22.3. The highest BCUT2D eigenvalue weighted by Gasteiger charge is 2.13. The van der Waals surface area contributed by atoms with Gasteiger partial charge in [-0.1, -0.05) is 30.0 Å². The van der Waals surface area contributed by atoms with Gasteiger partial charge in [-0.05, 0) is 19.1 Å². The lowest BCUT2D eigenvalue weighted by molar-refractivity contribution is -0.127. The van der Waals surface area contributed by atoms with Crippen molar-refractivity contribution in [2.45, 2.75) is 19.0 Å². The van der Waals surface area contributed by atoms with E-state index in [0.717, 1.165) is 11.5 Å². The summed E-state index contributed by atoms with van der Waals surface area (Å²) in [5.41, 5.74) is 0.935. The van der Waals surface area contributed by atoms with Crippen LogP contribution in [-0.4, -0.2) is 32.3 Å². The maximum Gasteiger partial charge on any atom is 0.237 e. The number of benzene rings is 1. The van der Waals surface area contributed by atoms with Crippen molar-refractivity contribution in [3.05, 3.63) is 36.2 Å². The van der Waals surface area contributed by atoms with E-state index in [1.165, 1.54) is 18.7 Å². The molecule has 1 aromatic carbocycles. The average molecular weight is 290 g/mol. The first-order chi connectivity index (χ1) is 9.58. The number of carbonyl (C=O) groups is 2. The molecule has 6 nitrogen and oxygen atoms in total. The van der Waals surface area contributed by atoms with Crippen LogP contribution < -0.4 is 5.32 Å². The van der Waals surface area contributed by atoms with Crippen LogP contribution in [0.5, 0.6) is 0 Å². The predicted molar refractivity (Wildman–Crippen MR) is 75.6 cm³/mol. The summed E-state index contributed by atoms with van der Waals surface area (Å²) in [6.45, 7) is 3.15. The van der Waals surface area contributed by atoms with E-state index in [-0.39, 0.29) is 17.6 Å². The minimum Gasteiger partial charge on any atom is -0.296 e. The molecule has 0 spiro atoms. The lowest BCUT2D eigenvalue weighted by Gasteiger charge is -2.07. The Kier molecular flexibility index (Phi) is 4.52. The summed E-state index contributed by atoms with van der Waals surface area (Å²) >= 11 is 1.24. The van der Waals surface area contributed by atoms with Crippen molar-refractivity contribution in [1.82, 2.24) is 20.1 Å². The van der Waals surface area contributed by atoms with Gasteiger partial charge in [0.05, 0.1) is 5.75 Å². The maximum atomic E-state index is 11.5. The van der Waals surface area contributed by atoms with E-state index in [2.05, 4.69) is 15.5 Å². The molecule has 0 radical (unpaired) electrons.